The number of hydrogen-bond donors (Lipinski definition) is 0. The Morgan fingerprint density at radius 2 is 0.533 bits per heavy atom. The number of benzene rings is 8. The fourth-order valence-corrected chi connectivity index (χ4v) is 7.67. The number of hydrogen-bond acceptors (Lipinski definition) is 0. The van der Waals surface area contributed by atoms with Crippen molar-refractivity contribution in [3.8, 4) is 66.8 Å². The molecule has 0 nitrogen and oxygen atoms in total. The molecule has 0 aliphatic rings. The van der Waals surface area contributed by atoms with Crippen molar-refractivity contribution in [3.05, 3.63) is 231 Å². The van der Waals surface area contributed by atoms with Gasteiger partial charge in [-0.3, -0.25) is 0 Å². The van der Waals surface area contributed by atoms with Gasteiger partial charge in [-0.05, 0) is 11.1 Å². The van der Waals surface area contributed by atoms with E-state index in [2.05, 4.69) is 244 Å². The summed E-state index contributed by atoms with van der Waals surface area (Å²) in [5.41, 5.74) is 15.4. The van der Waals surface area contributed by atoms with Crippen LogP contribution >= 0.6 is 0 Å². The van der Waals surface area contributed by atoms with Crippen LogP contribution in [0.2, 0.25) is 13.1 Å². The van der Waals surface area contributed by atoms with Gasteiger partial charge in [0.25, 0.3) is 0 Å². The van der Waals surface area contributed by atoms with Crippen molar-refractivity contribution >= 4 is 27.0 Å². The molecule has 10 aromatic rings. The van der Waals surface area contributed by atoms with Gasteiger partial charge in [0, 0.05) is 0 Å². The SMILES string of the molecule is C[Si](C)=[Zr+2].[Cl-].[Cl-].c1ccc(-c2cc3c(-c4ccccc4)ccc(-c4ccccc4)c3[cH-]2)cc1.c1ccc(-c2cc3c(-c4ccccc4)ccc(-c4ccccc4)c3[cH-]2)cc1. The molecule has 10 rings (SSSR count). The standard InChI is InChI=1S/2C27H19.C2H6Si.2ClH.Zr/c2*1-4-10-20(11-5-1)23-18-26-24(21-12-6-2-7-13-21)16-17-25(27(26)19-23)22-14-8-3-9-15-22;1-3-2;;;/h2*1-19H;1-2H3;2*1H;/q2*-1;;;;+2/p-2. The maximum absolute atomic E-state index is 2.33. The van der Waals surface area contributed by atoms with Crippen LogP contribution in [0.25, 0.3) is 88.3 Å². The predicted molar refractivity (Wildman–Crippen MR) is 249 cm³/mol. The topological polar surface area (TPSA) is 0 Å². The Kier molecular flexibility index (Phi) is 15.7. The molecular weight excluding hydrogens is 863 g/mol. The van der Waals surface area contributed by atoms with Crippen LogP contribution < -0.4 is 24.8 Å². The van der Waals surface area contributed by atoms with Crippen LogP contribution in [-0.4, -0.2) is 5.43 Å². The molecule has 0 heterocycles. The Bertz CT molecular complexity index is 2530. The Morgan fingerprint density at radius 3 is 0.800 bits per heavy atom. The third-order valence-electron chi connectivity index (χ3n) is 10.3. The maximum atomic E-state index is 2.33. The van der Waals surface area contributed by atoms with E-state index in [9.17, 15) is 0 Å². The molecule has 292 valence electrons. The van der Waals surface area contributed by atoms with Crippen LogP contribution in [0.1, 0.15) is 0 Å². The predicted octanol–water partition coefficient (Wildman–Crippen LogP) is 9.91. The molecule has 0 spiro atoms. The van der Waals surface area contributed by atoms with E-state index in [-0.39, 0.29) is 30.2 Å². The van der Waals surface area contributed by atoms with Crippen molar-refractivity contribution in [2.45, 2.75) is 13.1 Å². The van der Waals surface area contributed by atoms with Crippen LogP contribution in [0.3, 0.4) is 0 Å². The first-order valence-corrected chi connectivity index (χ1v) is 26.0. The molecule has 0 aromatic heterocycles. The molecule has 0 aliphatic carbocycles. The number of rotatable bonds is 6. The van der Waals surface area contributed by atoms with E-state index in [0.29, 0.717) is 0 Å². The Labute approximate surface area is 382 Å². The van der Waals surface area contributed by atoms with E-state index < -0.39 is 0 Å². The first-order chi connectivity index (χ1) is 28.5. The zero-order chi connectivity index (χ0) is 39.7. The van der Waals surface area contributed by atoms with Crippen LogP contribution in [0.15, 0.2) is 231 Å². The van der Waals surface area contributed by atoms with Gasteiger partial charge < -0.3 is 24.8 Å². The van der Waals surface area contributed by atoms with Crippen molar-refractivity contribution in [2.75, 3.05) is 0 Å². The molecule has 0 saturated heterocycles. The fourth-order valence-electron chi connectivity index (χ4n) is 7.67. The van der Waals surface area contributed by atoms with E-state index >= 15 is 0 Å². The van der Waals surface area contributed by atoms with E-state index in [1.54, 1.807) is 23.3 Å². The first-order valence-electron chi connectivity index (χ1n) is 19.8. The average molecular weight is 907 g/mol. The van der Waals surface area contributed by atoms with Crippen LogP contribution in [-0.2, 0) is 23.3 Å². The summed E-state index contributed by atoms with van der Waals surface area (Å²) in [6.45, 7) is 4.62. The number of fused-ring (bicyclic) bond motifs is 2. The van der Waals surface area contributed by atoms with Gasteiger partial charge in [0.1, 0.15) is 0 Å². The third kappa shape index (κ3) is 10.3. The monoisotopic (exact) mass is 904 g/mol. The summed E-state index contributed by atoms with van der Waals surface area (Å²) in [6.07, 6.45) is 0. The van der Waals surface area contributed by atoms with Gasteiger partial charge in [0.05, 0.1) is 0 Å². The molecule has 0 atom stereocenters. The molecule has 10 aromatic carbocycles. The summed E-state index contributed by atoms with van der Waals surface area (Å²) in [4.78, 5) is 0. The minimum Gasteiger partial charge on any atom is -1.00 e. The second-order valence-electron chi connectivity index (χ2n) is 14.7. The minimum atomic E-state index is 0. The largest absolute Gasteiger partial charge is 1.00 e. The second-order valence-corrected chi connectivity index (χ2v) is 24.0. The summed E-state index contributed by atoms with van der Waals surface area (Å²) in [5.74, 6) is 0. The van der Waals surface area contributed by atoms with Gasteiger partial charge in [-0.1, -0.05) is 251 Å². The molecule has 0 fully saturated rings. The van der Waals surface area contributed by atoms with Crippen molar-refractivity contribution in [1.82, 2.24) is 0 Å². The Balaban J connectivity index is 0.000000179. The van der Waals surface area contributed by atoms with Crippen LogP contribution in [0.4, 0.5) is 0 Å². The van der Waals surface area contributed by atoms with Crippen molar-refractivity contribution in [3.63, 3.8) is 0 Å². The van der Waals surface area contributed by atoms with Gasteiger partial charge >= 0.3 is 41.9 Å². The number of halogens is 2. The third-order valence-corrected chi connectivity index (χ3v) is 10.3. The average Bonchev–Trinajstić information content (AvgIpc) is 3.94. The molecule has 0 aliphatic heterocycles. The summed E-state index contributed by atoms with van der Waals surface area (Å²) >= 11 is 1.74. The van der Waals surface area contributed by atoms with Gasteiger partial charge in [-0.15, -0.1) is 56.9 Å². The Morgan fingerprint density at radius 1 is 0.317 bits per heavy atom. The molecule has 0 unspecified atom stereocenters. The van der Waals surface area contributed by atoms with Crippen molar-refractivity contribution < 1.29 is 48.1 Å². The quantitative estimate of drug-likeness (QED) is 0.115. The van der Waals surface area contributed by atoms with Crippen LogP contribution in [0, 0.1) is 0 Å². The zero-order valence-electron chi connectivity index (χ0n) is 33.7. The van der Waals surface area contributed by atoms with Crippen molar-refractivity contribution in [2.24, 2.45) is 0 Å². The molecule has 0 bridgehead atoms. The summed E-state index contributed by atoms with van der Waals surface area (Å²) in [6, 6.07) is 82.2. The summed E-state index contributed by atoms with van der Waals surface area (Å²) < 4.78 is 0. The van der Waals surface area contributed by atoms with Gasteiger partial charge in [0.2, 0.25) is 0 Å². The molecule has 0 saturated carbocycles. The zero-order valence-corrected chi connectivity index (χ0v) is 38.7. The Hall–Kier alpha value is -5.34. The van der Waals surface area contributed by atoms with E-state index in [1.165, 1.54) is 88.3 Å². The van der Waals surface area contributed by atoms with E-state index in [0.717, 1.165) is 0 Å². The maximum Gasteiger partial charge on any atom is -0.0259 e. The normalized spacial score (nSPS) is 10.3. The van der Waals surface area contributed by atoms with Gasteiger partial charge in [0.15, 0.2) is 0 Å². The molecule has 60 heavy (non-hydrogen) atoms. The van der Waals surface area contributed by atoms with E-state index in [4.69, 9.17) is 0 Å². The molecule has 0 N–H and O–H groups in total. The second kappa shape index (κ2) is 21.3. The molecule has 4 heteroatoms. The van der Waals surface area contributed by atoms with E-state index in [1.807, 2.05) is 0 Å². The van der Waals surface area contributed by atoms with Gasteiger partial charge in [-0.25, -0.2) is 0 Å². The fraction of sp³-hybridized carbons (Fsp3) is 0.0357. The first kappa shape index (κ1) is 44.2. The summed E-state index contributed by atoms with van der Waals surface area (Å²) in [5, 5.41) is 5.23. The summed E-state index contributed by atoms with van der Waals surface area (Å²) in [7, 11) is 0. The van der Waals surface area contributed by atoms with Crippen molar-refractivity contribution in [1.29, 1.82) is 0 Å². The smallest absolute Gasteiger partial charge is 0.0259 e. The molecular formula is C56H44Cl2SiZr-2. The minimum absolute atomic E-state index is 0. The van der Waals surface area contributed by atoms with Gasteiger partial charge in [-0.2, -0.15) is 0 Å². The van der Waals surface area contributed by atoms with Crippen LogP contribution in [0.5, 0.6) is 0 Å². The molecule has 0 amide bonds. The molecule has 0 radical (unpaired) electrons.